The molecule has 0 bridgehead atoms. The van der Waals surface area contributed by atoms with Crippen LogP contribution in [0.4, 0.5) is 4.39 Å². The molecule has 2 aliphatic heterocycles. The fourth-order valence-corrected chi connectivity index (χ4v) is 6.55. The molecule has 1 aromatic carbocycles. The molecule has 1 atom stereocenters. The first-order chi connectivity index (χ1) is 18.5. The maximum absolute atomic E-state index is 14.5. The van der Waals surface area contributed by atoms with E-state index in [0.29, 0.717) is 16.0 Å². The van der Waals surface area contributed by atoms with E-state index in [2.05, 4.69) is 21.2 Å². The number of carbonyl (C=O) groups excluding carboxylic acids is 1. The molecule has 5 heterocycles. The SMILES string of the molecule is CN1CCCC1C(=O)N1CCC(n2cc(-c3cc(Sc4ccccc4F)c4c(C#N)cnn4c3)cn2)CC1. The van der Waals surface area contributed by atoms with Crippen molar-refractivity contribution < 1.29 is 9.18 Å². The summed E-state index contributed by atoms with van der Waals surface area (Å²) < 4.78 is 18.1. The quantitative estimate of drug-likeness (QED) is 0.375. The molecule has 10 heteroatoms. The van der Waals surface area contributed by atoms with Crippen LogP contribution in [0.15, 0.2) is 64.9 Å². The second-order valence-electron chi connectivity index (χ2n) is 9.99. The van der Waals surface area contributed by atoms with E-state index in [1.165, 1.54) is 24.0 Å². The fraction of sp³-hybridized carbons (Fsp3) is 0.357. The Morgan fingerprint density at radius 1 is 1.05 bits per heavy atom. The molecule has 2 fully saturated rings. The molecule has 2 aliphatic rings. The summed E-state index contributed by atoms with van der Waals surface area (Å²) >= 11 is 1.28. The lowest BCUT2D eigenvalue weighted by Crippen LogP contribution is -2.47. The summed E-state index contributed by atoms with van der Waals surface area (Å²) in [5.41, 5.74) is 2.90. The molecule has 1 amide bonds. The van der Waals surface area contributed by atoms with E-state index >= 15 is 0 Å². The molecule has 8 nitrogen and oxygen atoms in total. The van der Waals surface area contributed by atoms with Crippen molar-refractivity contribution in [1.29, 1.82) is 5.26 Å². The third-order valence-corrected chi connectivity index (χ3v) is 8.73. The topological polar surface area (TPSA) is 82.5 Å². The first-order valence-corrected chi connectivity index (χ1v) is 13.7. The minimum Gasteiger partial charge on any atom is -0.341 e. The van der Waals surface area contributed by atoms with Crippen molar-refractivity contribution in [3.8, 4) is 17.2 Å². The molecule has 2 saturated heterocycles. The van der Waals surface area contributed by atoms with Crippen molar-refractivity contribution in [3.63, 3.8) is 0 Å². The number of hydrogen-bond donors (Lipinski definition) is 0. The zero-order chi connectivity index (χ0) is 26.2. The van der Waals surface area contributed by atoms with Crippen molar-refractivity contribution in [3.05, 3.63) is 66.5 Å². The van der Waals surface area contributed by atoms with E-state index in [0.717, 1.165) is 61.3 Å². The van der Waals surface area contributed by atoms with Crippen molar-refractivity contribution in [2.24, 2.45) is 0 Å². The number of halogens is 1. The van der Waals surface area contributed by atoms with Gasteiger partial charge in [-0.2, -0.15) is 15.5 Å². The Kier molecular flexibility index (Phi) is 6.64. The van der Waals surface area contributed by atoms with Gasteiger partial charge in [-0.3, -0.25) is 14.4 Å². The summed E-state index contributed by atoms with van der Waals surface area (Å²) in [5.74, 6) is -0.0509. The molecular formula is C28H28FN7OS. The number of likely N-dealkylation sites (N-methyl/N-ethyl adjacent to an activating group) is 1. The first kappa shape index (κ1) is 24.6. The van der Waals surface area contributed by atoms with Crippen LogP contribution >= 0.6 is 11.8 Å². The Morgan fingerprint density at radius 3 is 2.61 bits per heavy atom. The minimum absolute atomic E-state index is 0.0260. The van der Waals surface area contributed by atoms with Gasteiger partial charge in [0.1, 0.15) is 11.9 Å². The van der Waals surface area contributed by atoms with Crippen LogP contribution in [0, 0.1) is 17.1 Å². The van der Waals surface area contributed by atoms with Crippen LogP contribution in [0.2, 0.25) is 0 Å². The van der Waals surface area contributed by atoms with Gasteiger partial charge in [-0.1, -0.05) is 23.9 Å². The van der Waals surface area contributed by atoms with Crippen LogP contribution in [0.5, 0.6) is 0 Å². The van der Waals surface area contributed by atoms with Gasteiger partial charge in [0.25, 0.3) is 0 Å². The largest absolute Gasteiger partial charge is 0.341 e. The Bertz CT molecular complexity index is 1530. The zero-order valence-electron chi connectivity index (χ0n) is 21.1. The Hall–Kier alpha value is -3.68. The Morgan fingerprint density at radius 2 is 1.87 bits per heavy atom. The number of benzene rings is 1. The first-order valence-electron chi connectivity index (χ1n) is 12.9. The molecule has 6 rings (SSSR count). The lowest BCUT2D eigenvalue weighted by atomic mass is 10.0. The molecule has 0 radical (unpaired) electrons. The van der Waals surface area contributed by atoms with Gasteiger partial charge in [-0.05, 0) is 57.5 Å². The summed E-state index contributed by atoms with van der Waals surface area (Å²) in [4.78, 5) is 18.4. The number of fused-ring (bicyclic) bond motifs is 1. The van der Waals surface area contributed by atoms with E-state index in [4.69, 9.17) is 0 Å². The summed E-state index contributed by atoms with van der Waals surface area (Å²) in [7, 11) is 2.04. The van der Waals surface area contributed by atoms with Crippen LogP contribution in [0.1, 0.15) is 37.3 Å². The van der Waals surface area contributed by atoms with Gasteiger partial charge in [-0.25, -0.2) is 8.91 Å². The summed E-state index contributed by atoms with van der Waals surface area (Å²) in [6.07, 6.45) is 11.0. The van der Waals surface area contributed by atoms with Gasteiger partial charge >= 0.3 is 0 Å². The minimum atomic E-state index is -0.309. The van der Waals surface area contributed by atoms with Crippen LogP contribution in [-0.2, 0) is 4.79 Å². The predicted octanol–water partition coefficient (Wildman–Crippen LogP) is 4.62. The van der Waals surface area contributed by atoms with Gasteiger partial charge in [-0.15, -0.1) is 0 Å². The molecule has 0 N–H and O–H groups in total. The monoisotopic (exact) mass is 529 g/mol. The standard InChI is InChI=1S/C28H28FN7OS/c1-33-10-4-6-24(33)28(37)34-11-8-22(9-12-34)35-18-21(16-31-35)19-13-26(38-25-7-3-2-5-23(25)29)27-20(14-30)15-32-36(27)17-19/h2-3,5,7,13,15-18,22,24H,4,6,8-12H2,1H3. The number of nitrogens with zero attached hydrogens (tertiary/aromatic N) is 7. The number of rotatable bonds is 5. The van der Waals surface area contributed by atoms with Crippen molar-refractivity contribution >= 4 is 23.2 Å². The number of piperidine rings is 1. The second-order valence-corrected chi connectivity index (χ2v) is 11.1. The number of carbonyl (C=O) groups is 1. The number of amides is 1. The lowest BCUT2D eigenvalue weighted by molar-refractivity contribution is -0.136. The van der Waals surface area contributed by atoms with Crippen LogP contribution in [-0.4, -0.2) is 67.8 Å². The van der Waals surface area contributed by atoms with Gasteiger partial charge in [0.05, 0.1) is 35.6 Å². The van der Waals surface area contributed by atoms with Crippen LogP contribution in [0.25, 0.3) is 16.6 Å². The predicted molar refractivity (Wildman–Crippen MR) is 142 cm³/mol. The average molecular weight is 530 g/mol. The molecule has 0 saturated carbocycles. The number of pyridine rings is 1. The van der Waals surface area contributed by atoms with Gasteiger partial charge < -0.3 is 4.90 Å². The molecule has 4 aromatic rings. The number of aromatic nitrogens is 4. The van der Waals surface area contributed by atoms with E-state index in [9.17, 15) is 14.4 Å². The third-order valence-electron chi connectivity index (χ3n) is 7.64. The highest BCUT2D eigenvalue weighted by atomic mass is 32.2. The van der Waals surface area contributed by atoms with E-state index in [-0.39, 0.29) is 23.8 Å². The van der Waals surface area contributed by atoms with E-state index in [1.54, 1.807) is 22.7 Å². The molecule has 0 aliphatic carbocycles. The van der Waals surface area contributed by atoms with Crippen LogP contribution in [0.3, 0.4) is 0 Å². The van der Waals surface area contributed by atoms with Gasteiger partial charge in [0.2, 0.25) is 5.91 Å². The summed E-state index contributed by atoms with van der Waals surface area (Å²) in [5, 5.41) is 18.6. The zero-order valence-corrected chi connectivity index (χ0v) is 21.9. The van der Waals surface area contributed by atoms with E-state index < -0.39 is 0 Å². The van der Waals surface area contributed by atoms with Crippen molar-refractivity contribution in [2.45, 2.75) is 47.6 Å². The average Bonchev–Trinajstić information content (AvgIpc) is 3.69. The van der Waals surface area contributed by atoms with Gasteiger partial charge in [0, 0.05) is 46.4 Å². The molecule has 1 unspecified atom stereocenters. The van der Waals surface area contributed by atoms with Crippen molar-refractivity contribution in [2.75, 3.05) is 26.7 Å². The number of likely N-dealkylation sites (tertiary alicyclic amines) is 2. The number of nitriles is 1. The fourth-order valence-electron chi connectivity index (χ4n) is 5.52. The lowest BCUT2D eigenvalue weighted by Gasteiger charge is -2.34. The maximum atomic E-state index is 14.5. The second kappa shape index (κ2) is 10.2. The molecular weight excluding hydrogens is 501 g/mol. The maximum Gasteiger partial charge on any atom is 0.239 e. The molecule has 194 valence electrons. The summed E-state index contributed by atoms with van der Waals surface area (Å²) in [6, 6.07) is 11.0. The molecule has 0 spiro atoms. The van der Waals surface area contributed by atoms with Gasteiger partial charge in [0.15, 0.2) is 0 Å². The number of hydrogen-bond acceptors (Lipinski definition) is 6. The highest BCUT2D eigenvalue weighted by Gasteiger charge is 2.33. The Labute approximate surface area is 224 Å². The van der Waals surface area contributed by atoms with E-state index in [1.807, 2.05) is 41.3 Å². The Balaban J connectivity index is 1.23. The normalized spacial score (nSPS) is 18.8. The molecule has 38 heavy (non-hydrogen) atoms. The highest BCUT2D eigenvalue weighted by molar-refractivity contribution is 7.99. The smallest absolute Gasteiger partial charge is 0.239 e. The summed E-state index contributed by atoms with van der Waals surface area (Å²) in [6.45, 7) is 2.47. The molecule has 3 aromatic heterocycles. The van der Waals surface area contributed by atoms with Crippen molar-refractivity contribution in [1.82, 2.24) is 29.2 Å². The highest BCUT2D eigenvalue weighted by Crippen LogP contribution is 2.37. The third kappa shape index (κ3) is 4.57. The van der Waals surface area contributed by atoms with Crippen LogP contribution < -0.4 is 0 Å².